The fourth-order valence-corrected chi connectivity index (χ4v) is 1.74. The summed E-state index contributed by atoms with van der Waals surface area (Å²) < 4.78 is 5.40. The molecule has 1 N–H and O–H groups in total. The van der Waals surface area contributed by atoms with Crippen LogP contribution in [0.3, 0.4) is 0 Å². The van der Waals surface area contributed by atoms with Crippen LogP contribution in [0.4, 0.5) is 0 Å². The summed E-state index contributed by atoms with van der Waals surface area (Å²) >= 11 is 5.80. The van der Waals surface area contributed by atoms with Crippen molar-refractivity contribution in [3.05, 3.63) is 34.9 Å². The molecule has 0 saturated heterocycles. The number of carbonyl (C=O) groups excluding carboxylic acids is 1. The van der Waals surface area contributed by atoms with Gasteiger partial charge in [0.2, 0.25) is 5.91 Å². The Morgan fingerprint density at radius 3 is 2.63 bits per heavy atom. The van der Waals surface area contributed by atoms with Gasteiger partial charge < -0.3 is 10.1 Å². The average Bonchev–Trinajstić information content (AvgIpc) is 2.37. The maximum Gasteiger partial charge on any atom is 0.220 e. The highest BCUT2D eigenvalue weighted by molar-refractivity contribution is 6.30. The molecule has 0 saturated carbocycles. The summed E-state index contributed by atoms with van der Waals surface area (Å²) in [5, 5.41) is 3.61. The van der Waals surface area contributed by atoms with Gasteiger partial charge in [0, 0.05) is 24.6 Å². The van der Waals surface area contributed by atoms with Crippen LogP contribution >= 0.6 is 11.6 Å². The molecule has 1 aromatic carbocycles. The van der Waals surface area contributed by atoms with Crippen LogP contribution in [0.5, 0.6) is 0 Å². The van der Waals surface area contributed by atoms with Gasteiger partial charge in [0.25, 0.3) is 0 Å². The van der Waals surface area contributed by atoms with Gasteiger partial charge in [0.05, 0.1) is 6.10 Å². The summed E-state index contributed by atoms with van der Waals surface area (Å²) in [7, 11) is 0. The van der Waals surface area contributed by atoms with Crippen molar-refractivity contribution in [2.45, 2.75) is 39.2 Å². The Morgan fingerprint density at radius 1 is 1.32 bits per heavy atom. The van der Waals surface area contributed by atoms with E-state index in [9.17, 15) is 4.79 Å². The normalized spacial score (nSPS) is 10.7. The summed E-state index contributed by atoms with van der Waals surface area (Å²) in [6.07, 6.45) is 2.35. The number of hydrogen-bond acceptors (Lipinski definition) is 2. The number of hydrogen-bond donors (Lipinski definition) is 1. The van der Waals surface area contributed by atoms with Crippen molar-refractivity contribution in [1.82, 2.24) is 5.32 Å². The predicted octanol–water partition coefficient (Wildman–Crippen LogP) is 3.20. The number of rotatable bonds is 8. The topological polar surface area (TPSA) is 38.3 Å². The Labute approximate surface area is 120 Å². The molecule has 106 valence electrons. The molecule has 0 aliphatic rings. The third-order valence-corrected chi connectivity index (χ3v) is 2.90. The molecule has 0 fully saturated rings. The number of ether oxygens (including phenoxy) is 1. The second-order valence-corrected chi connectivity index (χ2v) is 5.19. The highest BCUT2D eigenvalue weighted by atomic mass is 35.5. The molecule has 0 aliphatic carbocycles. The molecule has 1 rings (SSSR count). The standard InChI is InChI=1S/C15H22ClNO2/c1-12(2)19-11-3-10-17-15(18)9-6-13-4-7-14(16)8-5-13/h4-5,7-8,12H,3,6,9-11H2,1-2H3,(H,17,18). The number of halogens is 1. The smallest absolute Gasteiger partial charge is 0.220 e. The van der Waals surface area contributed by atoms with Crippen LogP contribution in [0.1, 0.15) is 32.3 Å². The lowest BCUT2D eigenvalue weighted by Crippen LogP contribution is -2.25. The Hall–Kier alpha value is -1.06. The summed E-state index contributed by atoms with van der Waals surface area (Å²) in [6.45, 7) is 5.37. The Kier molecular flexibility index (Phi) is 7.53. The van der Waals surface area contributed by atoms with E-state index in [0.717, 1.165) is 23.4 Å². The molecule has 1 aromatic rings. The lowest BCUT2D eigenvalue weighted by atomic mass is 10.1. The highest BCUT2D eigenvalue weighted by Crippen LogP contribution is 2.10. The van der Waals surface area contributed by atoms with Gasteiger partial charge in [-0.15, -0.1) is 0 Å². The molecule has 1 amide bonds. The first kappa shape index (κ1) is 16.0. The zero-order chi connectivity index (χ0) is 14.1. The highest BCUT2D eigenvalue weighted by Gasteiger charge is 2.02. The summed E-state index contributed by atoms with van der Waals surface area (Å²) in [5.74, 6) is 0.0829. The molecule has 0 aliphatic heterocycles. The van der Waals surface area contributed by atoms with Gasteiger partial charge in [0.15, 0.2) is 0 Å². The van der Waals surface area contributed by atoms with Crippen molar-refractivity contribution >= 4 is 17.5 Å². The van der Waals surface area contributed by atoms with E-state index in [2.05, 4.69) is 5.32 Å². The van der Waals surface area contributed by atoms with Gasteiger partial charge >= 0.3 is 0 Å². The Bertz CT molecular complexity index is 376. The van der Waals surface area contributed by atoms with Gasteiger partial charge in [-0.05, 0) is 44.4 Å². The van der Waals surface area contributed by atoms with Gasteiger partial charge in [-0.3, -0.25) is 4.79 Å². The molecular formula is C15H22ClNO2. The van der Waals surface area contributed by atoms with Crippen molar-refractivity contribution in [1.29, 1.82) is 0 Å². The van der Waals surface area contributed by atoms with Gasteiger partial charge in [-0.1, -0.05) is 23.7 Å². The second-order valence-electron chi connectivity index (χ2n) is 4.75. The van der Waals surface area contributed by atoms with E-state index in [4.69, 9.17) is 16.3 Å². The molecule has 0 unspecified atom stereocenters. The molecule has 0 bridgehead atoms. The minimum Gasteiger partial charge on any atom is -0.379 e. The molecule has 19 heavy (non-hydrogen) atoms. The third kappa shape index (κ3) is 7.85. The first-order valence-electron chi connectivity index (χ1n) is 6.70. The first-order chi connectivity index (χ1) is 9.08. The molecular weight excluding hydrogens is 262 g/mol. The Morgan fingerprint density at radius 2 is 2.00 bits per heavy atom. The van der Waals surface area contributed by atoms with Crippen molar-refractivity contribution < 1.29 is 9.53 Å². The van der Waals surface area contributed by atoms with E-state index in [-0.39, 0.29) is 12.0 Å². The lowest BCUT2D eigenvalue weighted by Gasteiger charge is -2.08. The van der Waals surface area contributed by atoms with Crippen molar-refractivity contribution in [2.24, 2.45) is 0 Å². The molecule has 3 nitrogen and oxygen atoms in total. The van der Waals surface area contributed by atoms with Crippen molar-refractivity contribution in [3.8, 4) is 0 Å². The van der Waals surface area contributed by atoms with Gasteiger partial charge in [0.1, 0.15) is 0 Å². The summed E-state index contributed by atoms with van der Waals surface area (Å²) in [4.78, 5) is 11.6. The number of nitrogens with one attached hydrogen (secondary N) is 1. The summed E-state index contributed by atoms with van der Waals surface area (Å²) in [6, 6.07) is 7.59. The number of carbonyl (C=O) groups is 1. The molecule has 0 heterocycles. The number of benzene rings is 1. The fourth-order valence-electron chi connectivity index (χ4n) is 1.62. The maximum atomic E-state index is 11.6. The number of aryl methyl sites for hydroxylation is 1. The van der Waals surface area contributed by atoms with Gasteiger partial charge in [-0.25, -0.2) is 0 Å². The molecule has 0 spiro atoms. The predicted molar refractivity (Wildman–Crippen MR) is 78.5 cm³/mol. The van der Waals surface area contributed by atoms with E-state index in [1.165, 1.54) is 0 Å². The minimum absolute atomic E-state index is 0.0829. The van der Waals surface area contributed by atoms with Crippen molar-refractivity contribution in [3.63, 3.8) is 0 Å². The van der Waals surface area contributed by atoms with Crippen LogP contribution in [-0.4, -0.2) is 25.2 Å². The van der Waals surface area contributed by atoms with E-state index in [1.807, 2.05) is 38.1 Å². The number of amides is 1. The van der Waals surface area contributed by atoms with E-state index in [1.54, 1.807) is 0 Å². The van der Waals surface area contributed by atoms with Crippen LogP contribution in [0.25, 0.3) is 0 Å². The van der Waals surface area contributed by atoms with Crippen LogP contribution in [0.2, 0.25) is 5.02 Å². The van der Waals surface area contributed by atoms with Gasteiger partial charge in [-0.2, -0.15) is 0 Å². The zero-order valence-electron chi connectivity index (χ0n) is 11.6. The van der Waals surface area contributed by atoms with Crippen LogP contribution in [-0.2, 0) is 16.0 Å². The van der Waals surface area contributed by atoms with E-state index in [0.29, 0.717) is 19.6 Å². The molecule has 0 atom stereocenters. The SMILES string of the molecule is CC(C)OCCCNC(=O)CCc1ccc(Cl)cc1. The van der Waals surface area contributed by atoms with Crippen LogP contribution in [0.15, 0.2) is 24.3 Å². The Balaban J connectivity index is 2.09. The minimum atomic E-state index is 0.0829. The van der Waals surface area contributed by atoms with Crippen LogP contribution < -0.4 is 5.32 Å². The van der Waals surface area contributed by atoms with Crippen molar-refractivity contribution in [2.75, 3.05) is 13.2 Å². The van der Waals surface area contributed by atoms with Crippen LogP contribution in [0, 0.1) is 0 Å². The summed E-state index contributed by atoms with van der Waals surface area (Å²) in [5.41, 5.74) is 1.13. The maximum absolute atomic E-state index is 11.6. The third-order valence-electron chi connectivity index (χ3n) is 2.65. The monoisotopic (exact) mass is 283 g/mol. The zero-order valence-corrected chi connectivity index (χ0v) is 12.4. The lowest BCUT2D eigenvalue weighted by molar-refractivity contribution is -0.121. The second kappa shape index (κ2) is 8.94. The average molecular weight is 284 g/mol. The molecule has 0 aromatic heterocycles. The quantitative estimate of drug-likeness (QED) is 0.744. The fraction of sp³-hybridized carbons (Fsp3) is 0.533. The first-order valence-corrected chi connectivity index (χ1v) is 7.08. The van der Waals surface area contributed by atoms with E-state index < -0.39 is 0 Å². The molecule has 0 radical (unpaired) electrons. The largest absolute Gasteiger partial charge is 0.379 e. The van der Waals surface area contributed by atoms with E-state index >= 15 is 0 Å². The molecule has 4 heteroatoms.